The quantitative estimate of drug-likeness (QED) is 0.855. The Hall–Kier alpha value is -0.450. The van der Waals surface area contributed by atoms with Crippen molar-refractivity contribution in [2.24, 2.45) is 5.73 Å². The van der Waals surface area contributed by atoms with Gasteiger partial charge in [0.1, 0.15) is 0 Å². The van der Waals surface area contributed by atoms with E-state index >= 15 is 0 Å². The second-order valence-corrected chi connectivity index (χ2v) is 5.57. The van der Waals surface area contributed by atoms with E-state index in [1.54, 1.807) is 11.3 Å². The Bertz CT molecular complexity index is 318. The number of nitrogens with zero attached hydrogens (tertiary/aromatic N) is 2. The summed E-state index contributed by atoms with van der Waals surface area (Å²) in [6.07, 6.45) is 6.42. The zero-order chi connectivity index (χ0) is 11.4. The van der Waals surface area contributed by atoms with Crippen molar-refractivity contribution in [3.8, 4) is 0 Å². The topological polar surface area (TPSA) is 42.1 Å². The van der Waals surface area contributed by atoms with E-state index in [1.807, 2.05) is 0 Å². The van der Waals surface area contributed by atoms with Crippen molar-refractivity contribution in [1.82, 2.24) is 9.88 Å². The lowest BCUT2D eigenvalue weighted by molar-refractivity contribution is 0.235. The summed E-state index contributed by atoms with van der Waals surface area (Å²) in [5, 5.41) is 3.36. The lowest BCUT2D eigenvalue weighted by Crippen LogP contribution is -2.28. The molecular weight excluding hydrogens is 218 g/mol. The smallest absolute Gasteiger partial charge is 0.0941 e. The van der Waals surface area contributed by atoms with Crippen LogP contribution in [0.15, 0.2) is 5.38 Å². The van der Waals surface area contributed by atoms with Crippen molar-refractivity contribution in [2.45, 2.75) is 44.7 Å². The highest BCUT2D eigenvalue weighted by atomic mass is 32.1. The third-order valence-electron chi connectivity index (χ3n) is 3.32. The Balaban J connectivity index is 1.87. The molecule has 1 aromatic rings. The molecule has 0 amide bonds. The van der Waals surface area contributed by atoms with Crippen molar-refractivity contribution in [2.75, 3.05) is 13.6 Å². The Morgan fingerprint density at radius 3 is 2.94 bits per heavy atom. The molecule has 1 saturated carbocycles. The van der Waals surface area contributed by atoms with E-state index in [1.165, 1.54) is 36.4 Å². The lowest BCUT2D eigenvalue weighted by Gasteiger charge is -2.22. The van der Waals surface area contributed by atoms with Crippen LogP contribution in [0.1, 0.15) is 36.4 Å². The molecule has 90 valence electrons. The summed E-state index contributed by atoms with van der Waals surface area (Å²) in [5.41, 5.74) is 6.74. The van der Waals surface area contributed by atoms with Crippen LogP contribution in [0, 0.1) is 0 Å². The molecule has 1 heterocycles. The summed E-state index contributed by atoms with van der Waals surface area (Å²) in [4.78, 5) is 7.06. The molecule has 1 fully saturated rings. The molecule has 0 aliphatic heterocycles. The van der Waals surface area contributed by atoms with Crippen LogP contribution in [0.25, 0.3) is 0 Å². The molecule has 1 aliphatic rings. The van der Waals surface area contributed by atoms with Crippen molar-refractivity contribution >= 4 is 11.3 Å². The van der Waals surface area contributed by atoms with Gasteiger partial charge in [-0.05, 0) is 26.4 Å². The standard InChI is InChI=1S/C12H21N3S/c1-15(11-4-2-3-5-11)8-10-9-16-12(14-10)6-7-13/h9,11H,2-8,13H2,1H3. The van der Waals surface area contributed by atoms with Gasteiger partial charge in [0.05, 0.1) is 10.7 Å². The molecule has 2 rings (SSSR count). The highest BCUT2D eigenvalue weighted by Crippen LogP contribution is 2.23. The Morgan fingerprint density at radius 2 is 2.25 bits per heavy atom. The van der Waals surface area contributed by atoms with Gasteiger partial charge in [0.25, 0.3) is 0 Å². The van der Waals surface area contributed by atoms with Crippen molar-refractivity contribution < 1.29 is 0 Å². The number of thiazole rings is 1. The predicted octanol–water partition coefficient (Wildman–Crippen LogP) is 2.02. The summed E-state index contributed by atoms with van der Waals surface area (Å²) in [7, 11) is 2.22. The van der Waals surface area contributed by atoms with Gasteiger partial charge in [-0.25, -0.2) is 4.98 Å². The summed E-state index contributed by atoms with van der Waals surface area (Å²) < 4.78 is 0. The first kappa shape index (κ1) is 12.0. The van der Waals surface area contributed by atoms with E-state index < -0.39 is 0 Å². The van der Waals surface area contributed by atoms with Gasteiger partial charge in [-0.1, -0.05) is 12.8 Å². The maximum absolute atomic E-state index is 5.53. The van der Waals surface area contributed by atoms with Gasteiger partial charge in [0.2, 0.25) is 0 Å². The van der Waals surface area contributed by atoms with Gasteiger partial charge in [-0.3, -0.25) is 4.90 Å². The maximum Gasteiger partial charge on any atom is 0.0941 e. The molecule has 0 spiro atoms. The first-order valence-electron chi connectivity index (χ1n) is 6.13. The molecule has 0 atom stereocenters. The monoisotopic (exact) mass is 239 g/mol. The van der Waals surface area contributed by atoms with Gasteiger partial charge in [-0.15, -0.1) is 11.3 Å². The third kappa shape index (κ3) is 3.03. The predicted molar refractivity (Wildman–Crippen MR) is 68.6 cm³/mol. The van der Waals surface area contributed by atoms with Gasteiger partial charge in [0.15, 0.2) is 0 Å². The lowest BCUT2D eigenvalue weighted by atomic mass is 10.2. The van der Waals surface area contributed by atoms with Gasteiger partial charge >= 0.3 is 0 Å². The molecular formula is C12H21N3S. The number of rotatable bonds is 5. The molecule has 0 aromatic carbocycles. The zero-order valence-electron chi connectivity index (χ0n) is 9.98. The summed E-state index contributed by atoms with van der Waals surface area (Å²) in [5.74, 6) is 0. The minimum atomic E-state index is 0.700. The molecule has 3 nitrogen and oxygen atoms in total. The minimum absolute atomic E-state index is 0.700. The van der Waals surface area contributed by atoms with Gasteiger partial charge < -0.3 is 5.73 Å². The number of nitrogens with two attached hydrogens (primary N) is 1. The van der Waals surface area contributed by atoms with Crippen molar-refractivity contribution in [1.29, 1.82) is 0 Å². The van der Waals surface area contributed by atoms with E-state index in [9.17, 15) is 0 Å². The van der Waals surface area contributed by atoms with Crippen LogP contribution in [0.5, 0.6) is 0 Å². The maximum atomic E-state index is 5.53. The highest BCUT2D eigenvalue weighted by molar-refractivity contribution is 7.09. The fourth-order valence-corrected chi connectivity index (χ4v) is 3.19. The van der Waals surface area contributed by atoms with E-state index in [-0.39, 0.29) is 0 Å². The Morgan fingerprint density at radius 1 is 1.50 bits per heavy atom. The minimum Gasteiger partial charge on any atom is -0.330 e. The van der Waals surface area contributed by atoms with Crippen LogP contribution >= 0.6 is 11.3 Å². The molecule has 0 unspecified atom stereocenters. The van der Waals surface area contributed by atoms with Crippen LogP contribution in [0.2, 0.25) is 0 Å². The first-order valence-corrected chi connectivity index (χ1v) is 7.01. The molecule has 0 radical (unpaired) electrons. The number of hydrogen-bond acceptors (Lipinski definition) is 4. The van der Waals surface area contributed by atoms with E-state index in [0.717, 1.165) is 19.0 Å². The summed E-state index contributed by atoms with van der Waals surface area (Å²) in [6, 6.07) is 0.777. The average molecular weight is 239 g/mol. The van der Waals surface area contributed by atoms with E-state index in [0.29, 0.717) is 6.54 Å². The highest BCUT2D eigenvalue weighted by Gasteiger charge is 2.19. The van der Waals surface area contributed by atoms with Gasteiger partial charge in [0, 0.05) is 24.4 Å². The van der Waals surface area contributed by atoms with Crippen LogP contribution < -0.4 is 5.73 Å². The normalized spacial score (nSPS) is 17.4. The first-order chi connectivity index (χ1) is 7.79. The molecule has 2 N–H and O–H groups in total. The molecule has 16 heavy (non-hydrogen) atoms. The molecule has 1 aromatic heterocycles. The molecule has 0 saturated heterocycles. The largest absolute Gasteiger partial charge is 0.330 e. The fraction of sp³-hybridized carbons (Fsp3) is 0.750. The van der Waals surface area contributed by atoms with Crippen LogP contribution in [0.4, 0.5) is 0 Å². The van der Waals surface area contributed by atoms with Crippen molar-refractivity contribution in [3.05, 3.63) is 16.1 Å². The molecule has 0 bridgehead atoms. The second kappa shape index (κ2) is 5.75. The third-order valence-corrected chi connectivity index (χ3v) is 4.27. The second-order valence-electron chi connectivity index (χ2n) is 4.62. The van der Waals surface area contributed by atoms with Crippen molar-refractivity contribution in [3.63, 3.8) is 0 Å². The zero-order valence-corrected chi connectivity index (χ0v) is 10.8. The fourth-order valence-electron chi connectivity index (χ4n) is 2.39. The Kier molecular flexibility index (Phi) is 4.32. The Labute approximate surface area is 102 Å². The molecule has 4 heteroatoms. The number of aromatic nitrogens is 1. The average Bonchev–Trinajstić information content (AvgIpc) is 2.89. The summed E-state index contributed by atoms with van der Waals surface area (Å²) in [6.45, 7) is 1.69. The van der Waals surface area contributed by atoms with Crippen LogP contribution in [-0.2, 0) is 13.0 Å². The van der Waals surface area contributed by atoms with Crippen LogP contribution in [0.3, 0.4) is 0 Å². The summed E-state index contributed by atoms with van der Waals surface area (Å²) >= 11 is 1.74. The van der Waals surface area contributed by atoms with E-state index in [4.69, 9.17) is 5.73 Å². The van der Waals surface area contributed by atoms with E-state index in [2.05, 4.69) is 22.3 Å². The van der Waals surface area contributed by atoms with Gasteiger partial charge in [-0.2, -0.15) is 0 Å². The molecule has 1 aliphatic carbocycles. The SMILES string of the molecule is CN(Cc1csc(CCN)n1)C1CCCC1. The number of hydrogen-bond donors (Lipinski definition) is 1. The van der Waals surface area contributed by atoms with Crippen LogP contribution in [-0.4, -0.2) is 29.5 Å².